The molecule has 2 heterocycles. The fourth-order valence-corrected chi connectivity index (χ4v) is 12.0. The number of benzene rings is 3. The van der Waals surface area contributed by atoms with E-state index in [1.807, 2.05) is 0 Å². The van der Waals surface area contributed by atoms with Gasteiger partial charge in [-0.3, -0.25) is 0 Å². The van der Waals surface area contributed by atoms with Crippen LogP contribution in [0.5, 0.6) is 0 Å². The second-order valence-corrected chi connectivity index (χ2v) is 18.4. The van der Waals surface area contributed by atoms with Crippen molar-refractivity contribution >= 4 is 83.1 Å². The molecule has 0 unspecified atom stereocenters. The van der Waals surface area contributed by atoms with Gasteiger partial charge in [-0.15, -0.1) is 42.7 Å². The van der Waals surface area contributed by atoms with Gasteiger partial charge < -0.3 is 28.4 Å². The Hall–Kier alpha value is -2.32. The first kappa shape index (κ1) is 33.1. The second-order valence-electron chi connectivity index (χ2n) is 10.3. The maximum absolute atomic E-state index is 5.65. The van der Waals surface area contributed by atoms with Gasteiger partial charge in [-0.2, -0.15) is 0 Å². The van der Waals surface area contributed by atoms with Crippen molar-refractivity contribution < 1.29 is 28.4 Å². The van der Waals surface area contributed by atoms with Crippen LogP contribution in [0.2, 0.25) is 0 Å². The van der Waals surface area contributed by atoms with Crippen molar-refractivity contribution in [3.63, 3.8) is 0 Å². The van der Waals surface area contributed by atoms with E-state index in [9.17, 15) is 0 Å². The van der Waals surface area contributed by atoms with Gasteiger partial charge in [0.2, 0.25) is 0 Å². The molecule has 0 radical (unpaired) electrons. The number of fused-ring (bicyclic) bond motifs is 6. The van der Waals surface area contributed by atoms with Crippen LogP contribution in [0.3, 0.4) is 0 Å². The Balaban J connectivity index is 1.92. The third-order valence-electron chi connectivity index (χ3n) is 6.99. The van der Waals surface area contributed by atoms with Crippen LogP contribution in [0.4, 0.5) is 0 Å². The fourth-order valence-electron chi connectivity index (χ4n) is 5.46. The Morgan fingerprint density at radius 1 is 0.500 bits per heavy atom. The Bertz CT molecular complexity index is 1720. The summed E-state index contributed by atoms with van der Waals surface area (Å²) in [6, 6.07) is 17.1. The summed E-state index contributed by atoms with van der Waals surface area (Å²) in [6.07, 6.45) is 0. The summed E-state index contributed by atoms with van der Waals surface area (Å²) >= 11 is 3.53. The quantitative estimate of drug-likeness (QED) is 0.125. The molecule has 2 aromatic heterocycles. The SMILES string of the molecule is COCS(C#Cc1c2sc3ccccc3c2c(C#CS(COC)(COC)COC)c2sc3ccccc3c12)(COC)COC. The Labute approximate surface area is 270 Å². The van der Waals surface area contributed by atoms with Crippen molar-refractivity contribution in [2.75, 3.05) is 78.3 Å². The highest BCUT2D eigenvalue weighted by Crippen LogP contribution is 2.51. The van der Waals surface area contributed by atoms with Crippen LogP contribution in [-0.4, -0.2) is 78.3 Å². The molecule has 0 spiro atoms. The lowest BCUT2D eigenvalue weighted by Crippen LogP contribution is -2.15. The molecule has 10 heteroatoms. The maximum Gasteiger partial charge on any atom is 0.0903 e. The summed E-state index contributed by atoms with van der Waals surface area (Å²) in [6.45, 7) is 0. The summed E-state index contributed by atoms with van der Waals surface area (Å²) in [5.41, 5.74) is 2.03. The summed E-state index contributed by atoms with van der Waals surface area (Å²) in [7, 11) is 6.84. The molecule has 0 aliphatic carbocycles. The molecule has 0 aliphatic rings. The first-order chi connectivity index (χ1) is 21.5. The van der Waals surface area contributed by atoms with E-state index in [1.54, 1.807) is 65.3 Å². The molecule has 3 aromatic carbocycles. The summed E-state index contributed by atoms with van der Waals surface area (Å²) < 4.78 is 38.6. The van der Waals surface area contributed by atoms with Crippen LogP contribution >= 0.6 is 42.7 Å². The topological polar surface area (TPSA) is 55.4 Å². The van der Waals surface area contributed by atoms with Gasteiger partial charge >= 0.3 is 0 Å². The molecule has 0 saturated heterocycles. The third kappa shape index (κ3) is 6.48. The van der Waals surface area contributed by atoms with Gasteiger partial charge in [-0.25, -0.2) is 0 Å². The van der Waals surface area contributed by atoms with Crippen LogP contribution in [0, 0.1) is 22.3 Å². The van der Waals surface area contributed by atoms with Gasteiger partial charge in [0.1, 0.15) is 0 Å². The highest BCUT2D eigenvalue weighted by atomic mass is 32.3. The number of methoxy groups -OCH3 is 6. The zero-order valence-electron chi connectivity index (χ0n) is 25.9. The van der Waals surface area contributed by atoms with Crippen molar-refractivity contribution in [1.82, 2.24) is 0 Å². The van der Waals surface area contributed by atoms with Gasteiger partial charge in [-0.05, 0) is 22.6 Å². The summed E-state index contributed by atoms with van der Waals surface area (Å²) in [5.74, 6) is 10.2. The van der Waals surface area contributed by atoms with Crippen molar-refractivity contribution in [3.8, 4) is 22.3 Å². The van der Waals surface area contributed by atoms with Gasteiger partial charge in [0.05, 0.1) is 56.2 Å². The predicted molar refractivity (Wildman–Crippen MR) is 192 cm³/mol. The van der Waals surface area contributed by atoms with E-state index < -0.39 is 20.1 Å². The fraction of sp³-hybridized carbons (Fsp3) is 0.353. The Kier molecular flexibility index (Phi) is 11.2. The summed E-state index contributed by atoms with van der Waals surface area (Å²) in [5, 5.41) is 11.9. The van der Waals surface area contributed by atoms with E-state index in [-0.39, 0.29) is 0 Å². The zero-order valence-corrected chi connectivity index (χ0v) is 29.2. The molecule has 0 amide bonds. The van der Waals surface area contributed by atoms with Gasteiger partial charge in [0, 0.05) is 73.6 Å². The molecular formula is C34H38O6S4. The molecule has 6 nitrogen and oxygen atoms in total. The average molecular weight is 671 g/mol. The molecule has 0 fully saturated rings. The molecule has 0 atom stereocenters. The third-order valence-corrected chi connectivity index (χ3v) is 14.6. The highest BCUT2D eigenvalue weighted by molar-refractivity contribution is 8.37. The van der Waals surface area contributed by atoms with E-state index in [1.165, 1.54) is 20.2 Å². The first-order valence-corrected chi connectivity index (χ1v) is 19.7. The van der Waals surface area contributed by atoms with Crippen LogP contribution in [-0.2, 0) is 28.4 Å². The van der Waals surface area contributed by atoms with Gasteiger partial charge in [0.15, 0.2) is 0 Å². The smallest absolute Gasteiger partial charge is 0.0903 e. The normalized spacial score (nSPS) is 12.9. The molecule has 0 aliphatic heterocycles. The lowest BCUT2D eigenvalue weighted by Gasteiger charge is -2.31. The lowest BCUT2D eigenvalue weighted by atomic mass is 9.98. The number of ether oxygens (including phenoxy) is 6. The number of thiophene rings is 2. The molecular weight excluding hydrogens is 633 g/mol. The number of hydrogen-bond donors (Lipinski definition) is 0. The minimum absolute atomic E-state index is 0.470. The van der Waals surface area contributed by atoms with Crippen molar-refractivity contribution in [3.05, 3.63) is 59.7 Å². The molecule has 5 aromatic rings. The number of hydrogen-bond acceptors (Lipinski definition) is 8. The van der Waals surface area contributed by atoms with E-state index in [0.717, 1.165) is 31.3 Å². The molecule has 44 heavy (non-hydrogen) atoms. The second kappa shape index (κ2) is 14.8. The monoisotopic (exact) mass is 670 g/mol. The van der Waals surface area contributed by atoms with Gasteiger partial charge in [-0.1, -0.05) is 48.2 Å². The van der Waals surface area contributed by atoms with Gasteiger partial charge in [0.25, 0.3) is 0 Å². The van der Waals surface area contributed by atoms with Crippen molar-refractivity contribution in [2.45, 2.75) is 0 Å². The predicted octanol–water partition coefficient (Wildman–Crippen LogP) is 8.27. The first-order valence-electron chi connectivity index (χ1n) is 13.8. The van der Waals surface area contributed by atoms with E-state index in [2.05, 4.69) is 70.9 Å². The van der Waals surface area contributed by atoms with E-state index in [0.29, 0.717) is 35.6 Å². The standard InChI is InChI=1S/C34H38O6S4/c1-35-19-43(20-36-2,21-37-3)17-15-27-31-25-11-7-9-13-29(25)42-34(31)28(16-18-44(22-38-4,23-39-5)24-40-6)32-26-12-8-10-14-30(26)41-33(27)32/h7-14H,19-24H2,1-6H3. The van der Waals surface area contributed by atoms with Crippen LogP contribution in [0.1, 0.15) is 11.1 Å². The maximum atomic E-state index is 5.65. The zero-order chi connectivity index (χ0) is 31.2. The van der Waals surface area contributed by atoms with Crippen LogP contribution in [0.25, 0.3) is 40.3 Å². The van der Waals surface area contributed by atoms with Crippen molar-refractivity contribution in [1.29, 1.82) is 0 Å². The van der Waals surface area contributed by atoms with E-state index in [4.69, 9.17) is 28.4 Å². The molecule has 5 rings (SSSR count). The molecule has 234 valence electrons. The van der Waals surface area contributed by atoms with Crippen molar-refractivity contribution in [2.24, 2.45) is 0 Å². The average Bonchev–Trinajstić information content (AvgIpc) is 3.59. The summed E-state index contributed by atoms with van der Waals surface area (Å²) in [4.78, 5) is 0. The van der Waals surface area contributed by atoms with Crippen LogP contribution < -0.4 is 0 Å². The minimum Gasteiger partial charge on any atom is -0.375 e. The molecule has 0 saturated carbocycles. The minimum atomic E-state index is -1.69. The van der Waals surface area contributed by atoms with Crippen LogP contribution in [0.15, 0.2) is 48.5 Å². The Morgan fingerprint density at radius 3 is 1.14 bits per heavy atom. The molecule has 0 N–H and O–H groups in total. The lowest BCUT2D eigenvalue weighted by molar-refractivity contribution is 0.218. The molecule has 0 bridgehead atoms. The van der Waals surface area contributed by atoms with E-state index >= 15 is 0 Å². The Morgan fingerprint density at radius 2 is 0.818 bits per heavy atom. The number of rotatable bonds is 12. The largest absolute Gasteiger partial charge is 0.375 e. The highest BCUT2D eigenvalue weighted by Gasteiger charge is 2.26.